The summed E-state index contributed by atoms with van der Waals surface area (Å²) in [5, 5.41) is 25.3. The number of rotatable bonds is 10. The Kier molecular flexibility index (Phi) is 8.20. The average molecular weight is 518 g/mol. The van der Waals surface area contributed by atoms with Gasteiger partial charge in [0, 0.05) is 48.9 Å². The minimum atomic E-state index is -0.457. The van der Waals surface area contributed by atoms with Crippen molar-refractivity contribution in [3.05, 3.63) is 87.9 Å². The number of nitro groups is 1. The highest BCUT2D eigenvalue weighted by molar-refractivity contribution is 6.33. The van der Waals surface area contributed by atoms with Crippen molar-refractivity contribution in [1.82, 2.24) is 0 Å². The number of benzene rings is 4. The molecule has 0 aliphatic rings. The Morgan fingerprint density at radius 2 is 1.70 bits per heavy atom. The minimum Gasteiger partial charge on any atom is -0.454 e. The molecule has 9 heteroatoms. The summed E-state index contributed by atoms with van der Waals surface area (Å²) < 4.78 is 6.40. The first kappa shape index (κ1) is 25.9. The van der Waals surface area contributed by atoms with E-state index in [1.165, 1.54) is 24.3 Å². The SMILES string of the molecule is CCNc1cc(Oc2cccc3cc(N(CC)CC)ccc23)c(N=Nc2ccc([N+](=O)[O-])cc2)cc1Cl. The average Bonchev–Trinajstić information content (AvgIpc) is 2.90. The summed E-state index contributed by atoms with van der Waals surface area (Å²) in [6.07, 6.45) is 0. The highest BCUT2D eigenvalue weighted by Gasteiger charge is 2.14. The van der Waals surface area contributed by atoms with E-state index in [1.54, 1.807) is 12.1 Å². The lowest BCUT2D eigenvalue weighted by Gasteiger charge is -2.21. The lowest BCUT2D eigenvalue weighted by atomic mass is 10.1. The van der Waals surface area contributed by atoms with Crippen LogP contribution in [-0.4, -0.2) is 24.6 Å². The summed E-state index contributed by atoms with van der Waals surface area (Å²) in [6, 6.07) is 21.6. The van der Waals surface area contributed by atoms with Crippen molar-refractivity contribution in [3.63, 3.8) is 0 Å². The lowest BCUT2D eigenvalue weighted by molar-refractivity contribution is -0.384. The van der Waals surface area contributed by atoms with Crippen LogP contribution in [0, 0.1) is 10.1 Å². The maximum Gasteiger partial charge on any atom is 0.269 e. The zero-order chi connectivity index (χ0) is 26.4. The number of anilines is 2. The predicted molar refractivity (Wildman–Crippen MR) is 150 cm³/mol. The molecule has 8 nitrogen and oxygen atoms in total. The summed E-state index contributed by atoms with van der Waals surface area (Å²) in [5.41, 5.74) is 2.77. The number of ether oxygens (including phenoxy) is 1. The van der Waals surface area contributed by atoms with E-state index in [0.29, 0.717) is 34.4 Å². The number of nitro benzene ring substituents is 1. The molecule has 4 rings (SSSR count). The van der Waals surface area contributed by atoms with Crippen LogP contribution in [0.25, 0.3) is 10.8 Å². The number of halogens is 1. The van der Waals surface area contributed by atoms with Crippen molar-refractivity contribution >= 4 is 50.8 Å². The van der Waals surface area contributed by atoms with E-state index in [1.807, 2.05) is 19.1 Å². The van der Waals surface area contributed by atoms with Crippen LogP contribution in [0.2, 0.25) is 5.02 Å². The third-order valence-corrected chi connectivity index (χ3v) is 6.23. The van der Waals surface area contributed by atoms with Gasteiger partial charge in [0.1, 0.15) is 11.4 Å². The molecule has 0 aliphatic carbocycles. The van der Waals surface area contributed by atoms with E-state index in [4.69, 9.17) is 16.3 Å². The Labute approximate surface area is 220 Å². The summed E-state index contributed by atoms with van der Waals surface area (Å²) in [7, 11) is 0. The number of non-ortho nitro benzene ring substituents is 1. The summed E-state index contributed by atoms with van der Waals surface area (Å²) in [6.45, 7) is 8.81. The van der Waals surface area contributed by atoms with Gasteiger partial charge in [-0.25, -0.2) is 0 Å². The molecule has 0 spiro atoms. The maximum atomic E-state index is 10.9. The van der Waals surface area contributed by atoms with E-state index in [9.17, 15) is 10.1 Å². The van der Waals surface area contributed by atoms with Gasteiger partial charge in [-0.15, -0.1) is 5.11 Å². The van der Waals surface area contributed by atoms with Gasteiger partial charge in [0.15, 0.2) is 5.75 Å². The molecular weight excluding hydrogens is 490 g/mol. The quantitative estimate of drug-likeness (QED) is 0.129. The minimum absolute atomic E-state index is 0.0129. The van der Waals surface area contributed by atoms with Gasteiger partial charge in [-0.05, 0) is 68.6 Å². The van der Waals surface area contributed by atoms with Crippen LogP contribution in [0.5, 0.6) is 11.5 Å². The van der Waals surface area contributed by atoms with E-state index >= 15 is 0 Å². The lowest BCUT2D eigenvalue weighted by Crippen LogP contribution is -2.21. The first-order valence-electron chi connectivity index (χ1n) is 12.1. The number of hydrogen-bond acceptors (Lipinski definition) is 7. The second kappa shape index (κ2) is 11.7. The molecule has 0 heterocycles. The van der Waals surface area contributed by atoms with E-state index < -0.39 is 4.92 Å². The molecular formula is C28H28ClN5O3. The Balaban J connectivity index is 1.72. The largest absolute Gasteiger partial charge is 0.454 e. The van der Waals surface area contributed by atoms with Crippen LogP contribution in [0.1, 0.15) is 20.8 Å². The number of nitrogens with one attached hydrogen (secondary N) is 1. The molecule has 0 bridgehead atoms. The Hall–Kier alpha value is -4.17. The fraction of sp³-hybridized carbons (Fsp3) is 0.214. The smallest absolute Gasteiger partial charge is 0.269 e. The van der Waals surface area contributed by atoms with Gasteiger partial charge in [-0.3, -0.25) is 10.1 Å². The normalized spacial score (nSPS) is 11.1. The summed E-state index contributed by atoms with van der Waals surface area (Å²) >= 11 is 6.49. The second-order valence-corrected chi connectivity index (χ2v) is 8.65. The first-order valence-corrected chi connectivity index (χ1v) is 12.5. The van der Waals surface area contributed by atoms with Gasteiger partial charge in [-0.2, -0.15) is 5.11 Å². The second-order valence-electron chi connectivity index (χ2n) is 8.24. The van der Waals surface area contributed by atoms with Gasteiger partial charge < -0.3 is 15.0 Å². The number of hydrogen-bond donors (Lipinski definition) is 1. The van der Waals surface area contributed by atoms with Crippen molar-refractivity contribution in [2.45, 2.75) is 20.8 Å². The highest BCUT2D eigenvalue weighted by Crippen LogP contribution is 2.41. The Morgan fingerprint density at radius 1 is 0.946 bits per heavy atom. The third kappa shape index (κ3) is 5.98. The van der Waals surface area contributed by atoms with Crippen LogP contribution in [0.4, 0.5) is 28.4 Å². The zero-order valence-electron chi connectivity index (χ0n) is 20.9. The van der Waals surface area contributed by atoms with Gasteiger partial charge in [0.2, 0.25) is 0 Å². The molecule has 0 saturated heterocycles. The van der Waals surface area contributed by atoms with Crippen LogP contribution in [-0.2, 0) is 0 Å². The molecule has 0 saturated carbocycles. The predicted octanol–water partition coefficient (Wildman–Crippen LogP) is 8.89. The molecule has 37 heavy (non-hydrogen) atoms. The number of fused-ring (bicyclic) bond motifs is 1. The Morgan fingerprint density at radius 3 is 2.38 bits per heavy atom. The van der Waals surface area contributed by atoms with Crippen molar-refractivity contribution in [2.24, 2.45) is 10.2 Å². The number of azo groups is 1. The van der Waals surface area contributed by atoms with Gasteiger partial charge in [0.05, 0.1) is 21.3 Å². The maximum absolute atomic E-state index is 10.9. The number of nitrogens with zero attached hydrogens (tertiary/aromatic N) is 4. The summed E-state index contributed by atoms with van der Waals surface area (Å²) in [5.74, 6) is 1.16. The molecule has 0 atom stereocenters. The molecule has 4 aromatic rings. The molecule has 0 aliphatic heterocycles. The van der Waals surface area contributed by atoms with Crippen molar-refractivity contribution in [3.8, 4) is 11.5 Å². The van der Waals surface area contributed by atoms with E-state index in [-0.39, 0.29) is 5.69 Å². The monoisotopic (exact) mass is 517 g/mol. The molecule has 0 radical (unpaired) electrons. The fourth-order valence-corrected chi connectivity index (χ4v) is 4.24. The fourth-order valence-electron chi connectivity index (χ4n) is 4.02. The standard InChI is InChI=1S/C28H28ClN5O3/c1-4-30-25-18-28(26(17-24(25)29)32-31-20-10-12-21(13-11-20)34(35)36)37-27-9-7-8-19-16-22(14-15-23(19)27)33(5-2)6-3/h7-18,30H,4-6H2,1-3H3. The first-order chi connectivity index (χ1) is 17.9. The van der Waals surface area contributed by atoms with E-state index in [0.717, 1.165) is 35.2 Å². The molecule has 0 amide bonds. The van der Waals surface area contributed by atoms with Crippen LogP contribution in [0.3, 0.4) is 0 Å². The molecule has 1 N–H and O–H groups in total. The summed E-state index contributed by atoms with van der Waals surface area (Å²) in [4.78, 5) is 12.8. The van der Waals surface area contributed by atoms with Crippen molar-refractivity contribution in [1.29, 1.82) is 0 Å². The van der Waals surface area contributed by atoms with Gasteiger partial charge in [0.25, 0.3) is 5.69 Å². The van der Waals surface area contributed by atoms with Gasteiger partial charge >= 0.3 is 0 Å². The molecule has 0 aromatic heterocycles. The Bertz CT molecular complexity index is 1440. The molecule has 0 unspecified atom stereocenters. The highest BCUT2D eigenvalue weighted by atomic mass is 35.5. The molecule has 190 valence electrons. The van der Waals surface area contributed by atoms with E-state index in [2.05, 4.69) is 58.6 Å². The van der Waals surface area contributed by atoms with Crippen molar-refractivity contribution in [2.75, 3.05) is 29.9 Å². The zero-order valence-corrected chi connectivity index (χ0v) is 21.7. The van der Waals surface area contributed by atoms with Crippen LogP contribution >= 0.6 is 11.6 Å². The molecule has 4 aromatic carbocycles. The topological polar surface area (TPSA) is 92.4 Å². The third-order valence-electron chi connectivity index (χ3n) is 5.92. The van der Waals surface area contributed by atoms with Crippen LogP contribution in [0.15, 0.2) is 83.0 Å². The van der Waals surface area contributed by atoms with Crippen molar-refractivity contribution < 1.29 is 9.66 Å². The molecule has 0 fully saturated rings. The van der Waals surface area contributed by atoms with Gasteiger partial charge in [-0.1, -0.05) is 23.7 Å². The van der Waals surface area contributed by atoms with Crippen LogP contribution < -0.4 is 15.0 Å².